The van der Waals surface area contributed by atoms with E-state index in [1.54, 1.807) is 13.8 Å². The van der Waals surface area contributed by atoms with Crippen molar-refractivity contribution in [3.63, 3.8) is 0 Å². The molecule has 2 amide bonds. The van der Waals surface area contributed by atoms with Crippen molar-refractivity contribution >= 4 is 17.8 Å². The maximum Gasteiger partial charge on any atom is 0.416 e. The average molecular weight is 360 g/mol. The largest absolute Gasteiger partial charge is 0.481 e. The zero-order valence-electron chi connectivity index (χ0n) is 13.7. The standard InChI is InChI=1S/C16H19F3N2O4/c1-15(2,8-7-13(23)24)21-12(22)9-20-14(25)10-3-5-11(6-4-10)16(17,18)19/h3-6H,7-9H2,1-2H3,(H,20,25)(H,21,22)(H,23,24). The lowest BCUT2D eigenvalue weighted by molar-refractivity contribution is -0.138. The van der Waals surface area contributed by atoms with Crippen LogP contribution in [0.5, 0.6) is 0 Å². The third kappa shape index (κ3) is 7.23. The van der Waals surface area contributed by atoms with Crippen LogP contribution in [0.25, 0.3) is 0 Å². The molecule has 0 saturated heterocycles. The third-order valence-corrected chi connectivity index (χ3v) is 3.33. The summed E-state index contributed by atoms with van der Waals surface area (Å²) in [4.78, 5) is 34.2. The average Bonchev–Trinajstić information content (AvgIpc) is 2.49. The fourth-order valence-corrected chi connectivity index (χ4v) is 1.98. The molecule has 0 radical (unpaired) electrons. The number of halogens is 3. The van der Waals surface area contributed by atoms with Crippen LogP contribution >= 0.6 is 0 Å². The van der Waals surface area contributed by atoms with Crippen LogP contribution in [0.4, 0.5) is 13.2 Å². The highest BCUT2D eigenvalue weighted by atomic mass is 19.4. The molecule has 1 rings (SSSR count). The van der Waals surface area contributed by atoms with Gasteiger partial charge in [0.25, 0.3) is 5.91 Å². The molecule has 0 aromatic heterocycles. The Balaban J connectivity index is 2.53. The van der Waals surface area contributed by atoms with Gasteiger partial charge in [-0.2, -0.15) is 13.2 Å². The number of nitrogens with one attached hydrogen (secondary N) is 2. The van der Waals surface area contributed by atoms with Gasteiger partial charge in [0.15, 0.2) is 0 Å². The van der Waals surface area contributed by atoms with Crippen molar-refractivity contribution < 1.29 is 32.7 Å². The van der Waals surface area contributed by atoms with Crippen molar-refractivity contribution in [2.24, 2.45) is 0 Å². The number of rotatable bonds is 7. The lowest BCUT2D eigenvalue weighted by Gasteiger charge is -2.25. The minimum atomic E-state index is -4.49. The predicted octanol–water partition coefficient (Wildman–Crippen LogP) is 2.19. The highest BCUT2D eigenvalue weighted by Gasteiger charge is 2.30. The monoisotopic (exact) mass is 360 g/mol. The van der Waals surface area contributed by atoms with E-state index in [4.69, 9.17) is 5.11 Å². The van der Waals surface area contributed by atoms with E-state index in [0.717, 1.165) is 24.3 Å². The second-order valence-electron chi connectivity index (χ2n) is 6.08. The number of carbonyl (C=O) groups excluding carboxylic acids is 2. The Bertz CT molecular complexity index is 640. The van der Waals surface area contributed by atoms with Crippen molar-refractivity contribution in [3.8, 4) is 0 Å². The molecule has 0 aliphatic carbocycles. The normalized spacial score (nSPS) is 11.7. The van der Waals surface area contributed by atoms with E-state index in [1.165, 1.54) is 0 Å². The van der Waals surface area contributed by atoms with Crippen LogP contribution in [0, 0.1) is 0 Å². The van der Waals surface area contributed by atoms with Crippen LogP contribution in [-0.4, -0.2) is 35.0 Å². The van der Waals surface area contributed by atoms with Gasteiger partial charge < -0.3 is 15.7 Å². The van der Waals surface area contributed by atoms with Crippen LogP contribution in [0.3, 0.4) is 0 Å². The Morgan fingerprint density at radius 1 is 1.08 bits per heavy atom. The minimum Gasteiger partial charge on any atom is -0.481 e. The minimum absolute atomic E-state index is 0.00839. The fourth-order valence-electron chi connectivity index (χ4n) is 1.98. The summed E-state index contributed by atoms with van der Waals surface area (Å²) in [6.07, 6.45) is -4.40. The van der Waals surface area contributed by atoms with Gasteiger partial charge in [-0.1, -0.05) is 0 Å². The van der Waals surface area contributed by atoms with E-state index in [0.29, 0.717) is 0 Å². The third-order valence-electron chi connectivity index (χ3n) is 3.33. The molecule has 1 aromatic rings. The number of carboxylic acid groups (broad SMARTS) is 1. The summed E-state index contributed by atoms with van der Waals surface area (Å²) in [5.74, 6) is -2.21. The van der Waals surface area contributed by atoms with Gasteiger partial charge in [-0.25, -0.2) is 0 Å². The van der Waals surface area contributed by atoms with E-state index >= 15 is 0 Å². The number of hydrogen-bond acceptors (Lipinski definition) is 3. The van der Waals surface area contributed by atoms with Gasteiger partial charge in [0.2, 0.25) is 5.91 Å². The molecule has 0 aliphatic rings. The summed E-state index contributed by atoms with van der Waals surface area (Å²) in [6.45, 7) is 2.91. The zero-order chi connectivity index (χ0) is 19.3. The molecule has 0 aliphatic heterocycles. The van der Waals surface area contributed by atoms with E-state index in [-0.39, 0.29) is 24.9 Å². The Morgan fingerprint density at radius 3 is 2.12 bits per heavy atom. The molecule has 0 saturated carbocycles. The van der Waals surface area contributed by atoms with Gasteiger partial charge >= 0.3 is 12.1 Å². The molecule has 0 atom stereocenters. The summed E-state index contributed by atoms with van der Waals surface area (Å²) >= 11 is 0. The number of carboxylic acids is 1. The zero-order valence-corrected chi connectivity index (χ0v) is 13.7. The van der Waals surface area contributed by atoms with Crippen LogP contribution < -0.4 is 10.6 Å². The van der Waals surface area contributed by atoms with Gasteiger partial charge in [-0.15, -0.1) is 0 Å². The number of alkyl halides is 3. The summed E-state index contributed by atoms with van der Waals surface area (Å²) in [5, 5.41) is 13.5. The maximum absolute atomic E-state index is 12.5. The molecule has 0 unspecified atom stereocenters. The molecular weight excluding hydrogens is 341 g/mol. The first-order valence-electron chi connectivity index (χ1n) is 7.39. The first kappa shape index (κ1) is 20.5. The van der Waals surface area contributed by atoms with Crippen LogP contribution in [0.2, 0.25) is 0 Å². The van der Waals surface area contributed by atoms with Crippen molar-refractivity contribution in [1.82, 2.24) is 10.6 Å². The van der Waals surface area contributed by atoms with Crippen molar-refractivity contribution in [2.45, 2.75) is 38.4 Å². The van der Waals surface area contributed by atoms with Gasteiger partial charge in [-0.3, -0.25) is 14.4 Å². The van der Waals surface area contributed by atoms with Crippen LogP contribution in [-0.2, 0) is 15.8 Å². The van der Waals surface area contributed by atoms with E-state index in [9.17, 15) is 27.6 Å². The smallest absolute Gasteiger partial charge is 0.416 e. The summed E-state index contributed by atoms with van der Waals surface area (Å²) in [5.41, 5.74) is -1.65. The maximum atomic E-state index is 12.5. The topological polar surface area (TPSA) is 95.5 Å². The number of hydrogen-bond donors (Lipinski definition) is 3. The van der Waals surface area contributed by atoms with Gasteiger partial charge in [-0.05, 0) is 44.5 Å². The van der Waals surface area contributed by atoms with Crippen LogP contribution in [0.1, 0.15) is 42.6 Å². The molecule has 0 spiro atoms. The lowest BCUT2D eigenvalue weighted by atomic mass is 9.98. The van der Waals surface area contributed by atoms with E-state index < -0.39 is 35.1 Å². The molecule has 0 heterocycles. The van der Waals surface area contributed by atoms with E-state index in [1.807, 2.05) is 0 Å². The van der Waals surface area contributed by atoms with Crippen molar-refractivity contribution in [2.75, 3.05) is 6.54 Å². The molecule has 3 N–H and O–H groups in total. The SMILES string of the molecule is CC(C)(CCC(=O)O)NC(=O)CNC(=O)c1ccc(C(F)(F)F)cc1. The molecular formula is C16H19F3N2O4. The van der Waals surface area contributed by atoms with E-state index in [2.05, 4.69) is 10.6 Å². The Labute approximate surface area is 142 Å². The first-order chi connectivity index (χ1) is 11.4. The molecule has 0 fully saturated rings. The number of aliphatic carboxylic acids is 1. The molecule has 25 heavy (non-hydrogen) atoms. The van der Waals surface area contributed by atoms with Gasteiger partial charge in [0.05, 0.1) is 12.1 Å². The fraction of sp³-hybridized carbons (Fsp3) is 0.438. The van der Waals surface area contributed by atoms with Crippen molar-refractivity contribution in [3.05, 3.63) is 35.4 Å². The number of amides is 2. The van der Waals surface area contributed by atoms with Gasteiger partial charge in [0.1, 0.15) is 0 Å². The Hall–Kier alpha value is -2.58. The Morgan fingerprint density at radius 2 is 1.64 bits per heavy atom. The number of carbonyl (C=O) groups is 3. The Kier molecular flexibility index (Phi) is 6.55. The first-order valence-corrected chi connectivity index (χ1v) is 7.39. The molecule has 6 nitrogen and oxygen atoms in total. The molecule has 1 aromatic carbocycles. The predicted molar refractivity (Wildman–Crippen MR) is 82.9 cm³/mol. The quantitative estimate of drug-likeness (QED) is 0.695. The second kappa shape index (κ2) is 8.00. The molecule has 9 heteroatoms. The highest BCUT2D eigenvalue weighted by molar-refractivity contribution is 5.96. The molecule has 0 bridgehead atoms. The van der Waals surface area contributed by atoms with Crippen LogP contribution in [0.15, 0.2) is 24.3 Å². The number of benzene rings is 1. The summed E-state index contributed by atoms with van der Waals surface area (Å²) in [7, 11) is 0. The summed E-state index contributed by atoms with van der Waals surface area (Å²) in [6, 6.07) is 3.60. The molecule has 138 valence electrons. The van der Waals surface area contributed by atoms with Crippen molar-refractivity contribution in [1.29, 1.82) is 0 Å². The second-order valence-corrected chi connectivity index (χ2v) is 6.08. The summed E-state index contributed by atoms with van der Waals surface area (Å²) < 4.78 is 37.4. The van der Waals surface area contributed by atoms with Gasteiger partial charge in [0, 0.05) is 17.5 Å². The highest BCUT2D eigenvalue weighted by Crippen LogP contribution is 2.29. The lowest BCUT2D eigenvalue weighted by Crippen LogP contribution is -2.47.